The lowest BCUT2D eigenvalue weighted by atomic mass is 9.64. The third-order valence-electron chi connectivity index (χ3n) is 8.55. The van der Waals surface area contributed by atoms with Crippen molar-refractivity contribution in [3.63, 3.8) is 0 Å². The Kier molecular flexibility index (Phi) is 5.08. The van der Waals surface area contributed by atoms with Crippen molar-refractivity contribution >= 4 is 29.1 Å². The first-order chi connectivity index (χ1) is 18.9. The van der Waals surface area contributed by atoms with E-state index in [0.29, 0.717) is 22.3 Å². The maximum atomic E-state index is 14.5. The van der Waals surface area contributed by atoms with Crippen LogP contribution < -0.4 is 4.90 Å². The highest BCUT2D eigenvalue weighted by Crippen LogP contribution is 2.60. The summed E-state index contributed by atoms with van der Waals surface area (Å²) in [6.45, 7) is 1.95. The first-order valence-electron chi connectivity index (χ1n) is 13.0. The van der Waals surface area contributed by atoms with Crippen LogP contribution in [0.5, 0.6) is 0 Å². The van der Waals surface area contributed by atoms with Crippen molar-refractivity contribution in [3.05, 3.63) is 142 Å². The van der Waals surface area contributed by atoms with Crippen LogP contribution in [0.1, 0.15) is 53.7 Å². The third kappa shape index (κ3) is 3.13. The van der Waals surface area contributed by atoms with E-state index < -0.39 is 29.2 Å². The van der Waals surface area contributed by atoms with Gasteiger partial charge in [-0.15, -0.1) is 0 Å². The Morgan fingerprint density at radius 3 is 2.08 bits per heavy atom. The smallest absolute Gasteiger partial charge is 0.185 e. The van der Waals surface area contributed by atoms with Crippen LogP contribution in [0.3, 0.4) is 0 Å². The molecular formula is C34H24FNO3. The molecule has 3 unspecified atom stereocenters. The highest BCUT2D eigenvalue weighted by Gasteiger charge is 2.71. The molecule has 0 saturated carbocycles. The van der Waals surface area contributed by atoms with E-state index in [0.717, 1.165) is 16.8 Å². The second-order valence-corrected chi connectivity index (χ2v) is 10.5. The molecule has 1 saturated heterocycles. The second-order valence-electron chi connectivity index (χ2n) is 10.5. The van der Waals surface area contributed by atoms with E-state index in [1.54, 1.807) is 48.5 Å². The lowest BCUT2D eigenvalue weighted by Crippen LogP contribution is -2.48. The number of fused-ring (bicyclic) bond motifs is 5. The molecule has 1 aliphatic carbocycles. The number of carbonyl (C=O) groups excluding carboxylic acids is 3. The summed E-state index contributed by atoms with van der Waals surface area (Å²) in [7, 11) is 0. The Hall–Kier alpha value is -4.64. The Morgan fingerprint density at radius 2 is 1.41 bits per heavy atom. The molecule has 2 heterocycles. The van der Waals surface area contributed by atoms with Crippen LogP contribution >= 0.6 is 0 Å². The molecule has 39 heavy (non-hydrogen) atoms. The van der Waals surface area contributed by atoms with Gasteiger partial charge in [0.05, 0.1) is 6.04 Å². The number of ketones is 3. The fourth-order valence-corrected chi connectivity index (χ4v) is 6.85. The number of anilines is 1. The van der Waals surface area contributed by atoms with E-state index >= 15 is 0 Å². The van der Waals surface area contributed by atoms with E-state index in [1.807, 2.05) is 60.4 Å². The zero-order valence-electron chi connectivity index (χ0n) is 21.2. The van der Waals surface area contributed by atoms with Crippen LogP contribution in [0.4, 0.5) is 10.1 Å². The van der Waals surface area contributed by atoms with Gasteiger partial charge in [0.1, 0.15) is 17.3 Å². The first kappa shape index (κ1) is 23.5. The number of halogens is 1. The molecule has 0 amide bonds. The molecule has 4 aromatic carbocycles. The molecule has 3 atom stereocenters. The summed E-state index contributed by atoms with van der Waals surface area (Å²) in [5, 5.41) is 0. The molecule has 3 aliphatic rings. The van der Waals surface area contributed by atoms with Crippen molar-refractivity contribution in [2.24, 2.45) is 5.41 Å². The average Bonchev–Trinajstić information content (AvgIpc) is 3.40. The van der Waals surface area contributed by atoms with E-state index in [9.17, 15) is 18.8 Å². The number of Topliss-reactive ketones (excluding diaryl/α,β-unsaturated/α-hetero) is 3. The van der Waals surface area contributed by atoms with E-state index in [-0.39, 0.29) is 17.3 Å². The predicted octanol–water partition coefficient (Wildman–Crippen LogP) is 6.45. The van der Waals surface area contributed by atoms with Crippen molar-refractivity contribution in [2.45, 2.75) is 24.9 Å². The van der Waals surface area contributed by atoms with Crippen LogP contribution in [0.2, 0.25) is 0 Å². The number of benzene rings is 4. The highest BCUT2D eigenvalue weighted by molar-refractivity contribution is 6.32. The molecule has 7 rings (SSSR count). The summed E-state index contributed by atoms with van der Waals surface area (Å²) < 4.78 is 14.1. The van der Waals surface area contributed by atoms with Gasteiger partial charge in [-0.05, 0) is 36.2 Å². The maximum Gasteiger partial charge on any atom is 0.185 e. The minimum Gasteiger partial charge on any atom is -0.352 e. The molecule has 0 bridgehead atoms. The number of carbonyl (C=O) groups is 3. The molecule has 0 radical (unpaired) electrons. The van der Waals surface area contributed by atoms with E-state index in [2.05, 4.69) is 0 Å². The first-order valence-corrected chi connectivity index (χ1v) is 13.0. The summed E-state index contributed by atoms with van der Waals surface area (Å²) in [5.41, 5.74) is 2.93. The minimum absolute atomic E-state index is 0.187. The Balaban J connectivity index is 1.54. The molecule has 0 aromatic heterocycles. The Morgan fingerprint density at radius 1 is 0.795 bits per heavy atom. The largest absolute Gasteiger partial charge is 0.352 e. The number of aryl methyl sites for hydroxylation is 1. The van der Waals surface area contributed by atoms with Gasteiger partial charge >= 0.3 is 0 Å². The van der Waals surface area contributed by atoms with Gasteiger partial charge in [-0.3, -0.25) is 14.4 Å². The number of para-hydroxylation sites is 1. The fraction of sp³-hybridized carbons (Fsp3) is 0.147. The van der Waals surface area contributed by atoms with Crippen molar-refractivity contribution in [2.75, 3.05) is 4.90 Å². The van der Waals surface area contributed by atoms with Crippen LogP contribution in [0.15, 0.2) is 103 Å². The Labute approximate surface area is 225 Å². The quantitative estimate of drug-likeness (QED) is 0.233. The highest BCUT2D eigenvalue weighted by atomic mass is 19.1. The van der Waals surface area contributed by atoms with Crippen molar-refractivity contribution in [3.8, 4) is 0 Å². The van der Waals surface area contributed by atoms with Gasteiger partial charge < -0.3 is 4.90 Å². The van der Waals surface area contributed by atoms with Gasteiger partial charge in [0.2, 0.25) is 0 Å². The molecule has 0 N–H and O–H groups in total. The zero-order valence-corrected chi connectivity index (χ0v) is 21.2. The summed E-state index contributed by atoms with van der Waals surface area (Å²) in [6, 6.07) is 26.2. The van der Waals surface area contributed by atoms with Crippen molar-refractivity contribution in [1.82, 2.24) is 0 Å². The average molecular weight is 514 g/mol. The summed E-state index contributed by atoms with van der Waals surface area (Å²) in [4.78, 5) is 45.6. The molecule has 190 valence electrons. The number of nitrogens with zero attached hydrogens (tertiary/aromatic N) is 1. The molecule has 5 heteroatoms. The van der Waals surface area contributed by atoms with Crippen LogP contribution in [-0.2, 0) is 0 Å². The monoisotopic (exact) mass is 513 g/mol. The van der Waals surface area contributed by atoms with Crippen LogP contribution in [0, 0.1) is 18.2 Å². The van der Waals surface area contributed by atoms with Crippen molar-refractivity contribution < 1.29 is 18.8 Å². The molecule has 4 nitrogen and oxygen atoms in total. The van der Waals surface area contributed by atoms with Gasteiger partial charge in [-0.2, -0.15) is 0 Å². The van der Waals surface area contributed by atoms with Gasteiger partial charge in [0.25, 0.3) is 0 Å². The molecule has 2 aliphatic heterocycles. The fourth-order valence-electron chi connectivity index (χ4n) is 6.85. The summed E-state index contributed by atoms with van der Waals surface area (Å²) >= 11 is 0. The van der Waals surface area contributed by atoms with Gasteiger partial charge in [0, 0.05) is 28.3 Å². The predicted molar refractivity (Wildman–Crippen MR) is 148 cm³/mol. The van der Waals surface area contributed by atoms with E-state index in [1.165, 1.54) is 12.1 Å². The van der Waals surface area contributed by atoms with Crippen LogP contribution in [0.25, 0.3) is 6.08 Å². The zero-order chi connectivity index (χ0) is 26.9. The van der Waals surface area contributed by atoms with Gasteiger partial charge in [-0.25, -0.2) is 4.39 Å². The molecule has 1 spiro atoms. The van der Waals surface area contributed by atoms with E-state index in [4.69, 9.17) is 0 Å². The SMILES string of the molecule is Cc1ccc(C(=O)C2C(c3ccc(F)cc3)C3(C(=O)c4ccccc4C3=O)C3C=Cc4ccccc4N23)cc1. The lowest BCUT2D eigenvalue weighted by Gasteiger charge is -2.37. The van der Waals surface area contributed by atoms with Gasteiger partial charge in [-0.1, -0.05) is 96.6 Å². The molecular weight excluding hydrogens is 489 g/mol. The molecule has 1 fully saturated rings. The van der Waals surface area contributed by atoms with Crippen LogP contribution in [-0.4, -0.2) is 29.4 Å². The number of hydrogen-bond donors (Lipinski definition) is 0. The summed E-state index contributed by atoms with van der Waals surface area (Å²) in [5.74, 6) is -2.05. The minimum atomic E-state index is -1.59. The summed E-state index contributed by atoms with van der Waals surface area (Å²) in [6.07, 6.45) is 3.82. The van der Waals surface area contributed by atoms with Crippen molar-refractivity contribution in [1.29, 1.82) is 0 Å². The number of rotatable bonds is 3. The second kappa shape index (κ2) is 8.43. The maximum absolute atomic E-state index is 14.5. The topological polar surface area (TPSA) is 54.5 Å². The standard InChI is InChI=1S/C34H24FNO3/c1-20-10-12-23(13-11-20)31(37)30-29(22-14-17-24(35)18-15-22)34(32(38)25-7-3-4-8-26(25)33(34)39)28-19-16-21-6-2-5-9-27(21)36(28)30/h2-19,28-30H,1H3. The van der Waals surface area contributed by atoms with Gasteiger partial charge in [0.15, 0.2) is 17.3 Å². The normalized spacial score (nSPS) is 22.1. The third-order valence-corrected chi connectivity index (χ3v) is 8.55. The lowest BCUT2D eigenvalue weighted by molar-refractivity contribution is 0.0666. The Bertz CT molecular complexity index is 1670. The number of hydrogen-bond acceptors (Lipinski definition) is 4. The molecule has 4 aromatic rings.